The van der Waals surface area contributed by atoms with Gasteiger partial charge in [0.1, 0.15) is 11.4 Å². The van der Waals surface area contributed by atoms with Gasteiger partial charge in [0.25, 0.3) is 5.91 Å². The number of imide groups is 1. The lowest BCUT2D eigenvalue weighted by Gasteiger charge is -2.35. The number of hydrogen-bond acceptors (Lipinski definition) is 6. The van der Waals surface area contributed by atoms with Crippen LogP contribution < -0.4 is 0 Å². The smallest absolute Gasteiger partial charge is 0.295 e. The van der Waals surface area contributed by atoms with Crippen LogP contribution in [-0.2, 0) is 23.4 Å². The quantitative estimate of drug-likeness (QED) is 0.246. The maximum atomic E-state index is 14.7. The molecule has 2 aromatic heterocycles. The van der Waals surface area contributed by atoms with E-state index in [2.05, 4.69) is 20.6 Å². The molecule has 0 N–H and O–H groups in total. The molecule has 0 saturated carbocycles. The second-order valence-electron chi connectivity index (χ2n) is 10.2. The largest absolute Gasteiger partial charge is 0.328 e. The Morgan fingerprint density at radius 1 is 0.535 bits per heavy atom. The lowest BCUT2D eigenvalue weighted by Crippen LogP contribution is -2.47. The fourth-order valence-electron chi connectivity index (χ4n) is 5.58. The van der Waals surface area contributed by atoms with Crippen LogP contribution in [0.25, 0.3) is 11.4 Å². The molecule has 6 aromatic rings. The summed E-state index contributed by atoms with van der Waals surface area (Å²) < 4.78 is 3.28. The van der Waals surface area contributed by atoms with E-state index in [4.69, 9.17) is 0 Å². The van der Waals surface area contributed by atoms with E-state index in [-0.39, 0.29) is 19.0 Å². The van der Waals surface area contributed by atoms with Crippen molar-refractivity contribution in [3.05, 3.63) is 156 Å². The summed E-state index contributed by atoms with van der Waals surface area (Å²) in [7, 11) is 0. The van der Waals surface area contributed by atoms with Gasteiger partial charge in [-0.25, -0.2) is 14.2 Å². The highest BCUT2D eigenvalue weighted by molar-refractivity contribution is 6.09. The van der Waals surface area contributed by atoms with Crippen LogP contribution >= 0.6 is 0 Å². The van der Waals surface area contributed by atoms with Gasteiger partial charge in [0.15, 0.2) is 5.54 Å². The number of rotatable bonds is 8. The number of carbonyl (C=O) groups excluding carboxylic acids is 2. The Morgan fingerprint density at radius 2 is 0.953 bits per heavy atom. The van der Waals surface area contributed by atoms with Crippen LogP contribution in [0.5, 0.6) is 0 Å². The molecule has 3 amide bonds. The lowest BCUT2D eigenvalue weighted by molar-refractivity contribution is -0.132. The van der Waals surface area contributed by atoms with Gasteiger partial charge in [-0.05, 0) is 35.4 Å². The molecular weight excluding hydrogens is 540 g/mol. The number of carbonyl (C=O) groups is 2. The highest BCUT2D eigenvalue weighted by Gasteiger charge is 2.59. The molecule has 0 aliphatic carbocycles. The fraction of sp³-hybridized carbons (Fsp3) is 0.0909. The fourth-order valence-corrected chi connectivity index (χ4v) is 5.58. The van der Waals surface area contributed by atoms with Gasteiger partial charge in [-0.1, -0.05) is 107 Å². The zero-order valence-electron chi connectivity index (χ0n) is 23.0. The van der Waals surface area contributed by atoms with E-state index in [1.54, 1.807) is 26.7 Å². The summed E-state index contributed by atoms with van der Waals surface area (Å²) in [6.45, 7) is 0.00746. The van der Waals surface area contributed by atoms with Crippen molar-refractivity contribution >= 4 is 11.9 Å². The van der Waals surface area contributed by atoms with E-state index < -0.39 is 11.6 Å². The third kappa shape index (κ3) is 4.55. The highest BCUT2D eigenvalue weighted by Crippen LogP contribution is 2.44. The molecule has 1 saturated heterocycles. The summed E-state index contributed by atoms with van der Waals surface area (Å²) in [6.07, 6.45) is 3.51. The number of amides is 3. The van der Waals surface area contributed by atoms with Gasteiger partial charge in [-0.2, -0.15) is 0 Å². The predicted octanol–water partition coefficient (Wildman–Crippen LogP) is 4.76. The van der Waals surface area contributed by atoms with Crippen LogP contribution in [0.2, 0.25) is 0 Å². The standard InChI is InChI=1S/C33H26N8O2/c42-31-33(25-13-5-1-6-14-25,26-15-7-2-8-16-26)39(22-28-24-41(37-35-28)30-19-11-4-12-20-30)32(43)38(31)21-27-23-40(36-34-27)29-17-9-3-10-18-29/h1-20,23-24H,21-22H2. The summed E-state index contributed by atoms with van der Waals surface area (Å²) >= 11 is 0. The molecule has 43 heavy (non-hydrogen) atoms. The SMILES string of the molecule is O=C1N(Cc2cn(-c3ccccc3)nn2)C(=O)C(c2ccccc2)(c2ccccc2)N1Cc1cn(-c2ccccc2)nn1. The third-order valence-electron chi connectivity index (χ3n) is 7.57. The molecular formula is C33H26N8O2. The van der Waals surface area contributed by atoms with Gasteiger partial charge in [0.2, 0.25) is 0 Å². The molecule has 0 atom stereocenters. The first-order chi connectivity index (χ1) is 21.1. The van der Waals surface area contributed by atoms with Gasteiger partial charge in [-0.3, -0.25) is 14.6 Å². The van der Waals surface area contributed by atoms with Crippen molar-refractivity contribution < 1.29 is 9.59 Å². The molecule has 0 radical (unpaired) electrons. The number of nitrogens with zero attached hydrogens (tertiary/aromatic N) is 8. The number of benzene rings is 4. The Bertz CT molecular complexity index is 1830. The predicted molar refractivity (Wildman–Crippen MR) is 158 cm³/mol. The van der Waals surface area contributed by atoms with Crippen molar-refractivity contribution in [1.29, 1.82) is 0 Å². The van der Waals surface area contributed by atoms with E-state index in [9.17, 15) is 9.59 Å². The Labute approximate surface area is 247 Å². The zero-order valence-corrected chi connectivity index (χ0v) is 23.0. The summed E-state index contributed by atoms with van der Waals surface area (Å²) in [6, 6.07) is 37.5. The second-order valence-corrected chi connectivity index (χ2v) is 10.2. The van der Waals surface area contributed by atoms with Crippen LogP contribution in [0.4, 0.5) is 4.79 Å². The number of aromatic nitrogens is 6. The molecule has 0 bridgehead atoms. The first-order valence-corrected chi connectivity index (χ1v) is 13.8. The normalized spacial score (nSPS) is 14.4. The van der Waals surface area contributed by atoms with E-state index >= 15 is 0 Å². The summed E-state index contributed by atoms with van der Waals surface area (Å²) in [4.78, 5) is 31.9. The highest BCUT2D eigenvalue weighted by atomic mass is 16.2. The zero-order chi connectivity index (χ0) is 29.2. The summed E-state index contributed by atoms with van der Waals surface area (Å²) in [5.74, 6) is -0.375. The Morgan fingerprint density at radius 3 is 1.42 bits per heavy atom. The maximum Gasteiger partial charge on any atom is 0.328 e. The monoisotopic (exact) mass is 566 g/mol. The molecule has 4 aromatic carbocycles. The van der Waals surface area contributed by atoms with Crippen molar-refractivity contribution in [2.75, 3.05) is 0 Å². The first-order valence-electron chi connectivity index (χ1n) is 13.8. The molecule has 0 unspecified atom stereocenters. The van der Waals surface area contributed by atoms with Crippen LogP contribution in [0.15, 0.2) is 134 Å². The minimum atomic E-state index is -1.44. The van der Waals surface area contributed by atoms with E-state index in [0.29, 0.717) is 22.5 Å². The van der Waals surface area contributed by atoms with E-state index in [0.717, 1.165) is 11.4 Å². The van der Waals surface area contributed by atoms with Crippen molar-refractivity contribution in [3.63, 3.8) is 0 Å². The molecule has 1 aliphatic rings. The third-order valence-corrected chi connectivity index (χ3v) is 7.57. The van der Waals surface area contributed by atoms with Crippen molar-refractivity contribution in [1.82, 2.24) is 39.8 Å². The van der Waals surface area contributed by atoms with Crippen molar-refractivity contribution in [2.24, 2.45) is 0 Å². The van der Waals surface area contributed by atoms with Crippen molar-refractivity contribution in [3.8, 4) is 11.4 Å². The topological polar surface area (TPSA) is 102 Å². The number of urea groups is 1. The van der Waals surface area contributed by atoms with Crippen molar-refractivity contribution in [2.45, 2.75) is 18.6 Å². The van der Waals surface area contributed by atoms with Gasteiger partial charge in [0.05, 0.1) is 36.9 Å². The van der Waals surface area contributed by atoms with Gasteiger partial charge in [0, 0.05) is 0 Å². The van der Waals surface area contributed by atoms with E-state index in [1.807, 2.05) is 121 Å². The molecule has 210 valence electrons. The molecule has 7 rings (SSSR count). The Balaban J connectivity index is 1.31. The molecule has 10 nitrogen and oxygen atoms in total. The molecule has 1 fully saturated rings. The van der Waals surface area contributed by atoms with Crippen LogP contribution in [0.3, 0.4) is 0 Å². The van der Waals surface area contributed by atoms with Crippen LogP contribution in [0.1, 0.15) is 22.5 Å². The Hall–Kier alpha value is -5.90. The lowest BCUT2D eigenvalue weighted by atomic mass is 9.81. The molecule has 3 heterocycles. The van der Waals surface area contributed by atoms with E-state index in [1.165, 1.54) is 4.90 Å². The number of hydrogen-bond donors (Lipinski definition) is 0. The minimum absolute atomic E-state index is 0.0425. The van der Waals surface area contributed by atoms with Gasteiger partial charge < -0.3 is 0 Å². The second kappa shape index (κ2) is 10.8. The Kier molecular flexibility index (Phi) is 6.55. The van der Waals surface area contributed by atoms with Crippen LogP contribution in [0, 0.1) is 0 Å². The summed E-state index contributed by atoms with van der Waals surface area (Å²) in [5, 5.41) is 17.2. The van der Waals surface area contributed by atoms with Crippen LogP contribution in [-0.4, -0.2) is 51.7 Å². The first kappa shape index (κ1) is 26.0. The molecule has 0 spiro atoms. The molecule has 10 heteroatoms. The number of para-hydroxylation sites is 2. The molecule has 1 aliphatic heterocycles. The maximum absolute atomic E-state index is 14.7. The van der Waals surface area contributed by atoms with Gasteiger partial charge in [-0.15, -0.1) is 10.2 Å². The average Bonchev–Trinajstić information content (AvgIpc) is 3.79. The average molecular weight is 567 g/mol. The van der Waals surface area contributed by atoms with Gasteiger partial charge >= 0.3 is 6.03 Å². The minimum Gasteiger partial charge on any atom is -0.295 e. The summed E-state index contributed by atoms with van der Waals surface area (Å²) in [5.41, 5.74) is 2.59.